The first-order valence-corrected chi connectivity index (χ1v) is 9.28. The molecule has 6 heteroatoms. The molecule has 1 N–H and O–H groups in total. The SMILES string of the molecule is Cc1ccccc1NC(=O)c1ccc2c(c1)Sc1ncccc1C(=O)N2C. The van der Waals surface area contributed by atoms with Gasteiger partial charge < -0.3 is 10.2 Å². The monoisotopic (exact) mass is 375 g/mol. The zero-order chi connectivity index (χ0) is 19.0. The van der Waals surface area contributed by atoms with Crippen LogP contribution in [0.3, 0.4) is 0 Å². The molecule has 5 nitrogen and oxygen atoms in total. The summed E-state index contributed by atoms with van der Waals surface area (Å²) in [5.74, 6) is -0.298. The Balaban J connectivity index is 1.70. The molecule has 2 amide bonds. The van der Waals surface area contributed by atoms with Crippen LogP contribution in [0.5, 0.6) is 0 Å². The normalized spacial score (nSPS) is 12.8. The van der Waals surface area contributed by atoms with Gasteiger partial charge in [-0.05, 0) is 48.9 Å². The molecule has 27 heavy (non-hydrogen) atoms. The van der Waals surface area contributed by atoms with E-state index in [4.69, 9.17) is 0 Å². The quantitative estimate of drug-likeness (QED) is 0.722. The van der Waals surface area contributed by atoms with Gasteiger partial charge in [0.25, 0.3) is 11.8 Å². The van der Waals surface area contributed by atoms with Crippen LogP contribution < -0.4 is 10.2 Å². The van der Waals surface area contributed by atoms with Crippen molar-refractivity contribution in [3.05, 3.63) is 77.5 Å². The Morgan fingerprint density at radius 3 is 2.74 bits per heavy atom. The van der Waals surface area contributed by atoms with Gasteiger partial charge in [0.1, 0.15) is 5.03 Å². The lowest BCUT2D eigenvalue weighted by atomic mass is 10.1. The van der Waals surface area contributed by atoms with Crippen molar-refractivity contribution in [3.8, 4) is 0 Å². The molecule has 0 fully saturated rings. The predicted octanol–water partition coefficient (Wildman–Crippen LogP) is 4.38. The van der Waals surface area contributed by atoms with Crippen molar-refractivity contribution in [2.24, 2.45) is 0 Å². The number of rotatable bonds is 2. The van der Waals surface area contributed by atoms with Crippen molar-refractivity contribution < 1.29 is 9.59 Å². The molecule has 0 radical (unpaired) electrons. The van der Waals surface area contributed by atoms with E-state index in [-0.39, 0.29) is 11.8 Å². The molecule has 2 aromatic carbocycles. The van der Waals surface area contributed by atoms with Crippen molar-refractivity contribution in [3.63, 3.8) is 0 Å². The van der Waals surface area contributed by atoms with E-state index in [1.165, 1.54) is 11.8 Å². The van der Waals surface area contributed by atoms with Crippen LogP contribution in [0, 0.1) is 6.92 Å². The van der Waals surface area contributed by atoms with Crippen LogP contribution in [0.15, 0.2) is 70.7 Å². The zero-order valence-electron chi connectivity index (χ0n) is 14.9. The molecule has 0 bridgehead atoms. The third-order valence-electron chi connectivity index (χ3n) is 4.49. The molecular formula is C21H17N3O2S. The van der Waals surface area contributed by atoms with E-state index >= 15 is 0 Å². The van der Waals surface area contributed by atoms with Crippen LogP contribution >= 0.6 is 11.8 Å². The fraction of sp³-hybridized carbons (Fsp3) is 0.0952. The molecule has 0 aliphatic carbocycles. The van der Waals surface area contributed by atoms with E-state index in [9.17, 15) is 9.59 Å². The fourth-order valence-corrected chi connectivity index (χ4v) is 4.03. The predicted molar refractivity (Wildman–Crippen MR) is 107 cm³/mol. The van der Waals surface area contributed by atoms with Gasteiger partial charge >= 0.3 is 0 Å². The Labute approximate surface area is 161 Å². The smallest absolute Gasteiger partial charge is 0.260 e. The number of benzene rings is 2. The van der Waals surface area contributed by atoms with Gasteiger partial charge in [-0.2, -0.15) is 0 Å². The van der Waals surface area contributed by atoms with Crippen molar-refractivity contribution in [2.75, 3.05) is 17.3 Å². The van der Waals surface area contributed by atoms with Crippen molar-refractivity contribution in [1.29, 1.82) is 0 Å². The van der Waals surface area contributed by atoms with Gasteiger partial charge in [-0.3, -0.25) is 9.59 Å². The lowest BCUT2D eigenvalue weighted by molar-refractivity contribution is 0.0988. The van der Waals surface area contributed by atoms with Gasteiger partial charge in [-0.1, -0.05) is 30.0 Å². The van der Waals surface area contributed by atoms with Gasteiger partial charge in [0, 0.05) is 29.4 Å². The third-order valence-corrected chi connectivity index (χ3v) is 5.56. The first-order chi connectivity index (χ1) is 13.0. The highest BCUT2D eigenvalue weighted by molar-refractivity contribution is 7.99. The Morgan fingerprint density at radius 2 is 1.93 bits per heavy atom. The standard InChI is InChI=1S/C21H17N3O2S/c1-13-6-3-4-8-16(13)23-19(25)14-9-10-17-18(12-14)27-20-15(7-5-11-22-20)21(26)24(17)2/h3-12H,1-2H3,(H,23,25). The second-order valence-electron chi connectivity index (χ2n) is 6.27. The number of para-hydroxylation sites is 1. The van der Waals surface area contributed by atoms with Gasteiger partial charge in [0.2, 0.25) is 0 Å². The molecule has 0 atom stereocenters. The van der Waals surface area contributed by atoms with Crippen molar-refractivity contribution in [1.82, 2.24) is 4.98 Å². The number of nitrogens with one attached hydrogen (secondary N) is 1. The topological polar surface area (TPSA) is 62.3 Å². The maximum absolute atomic E-state index is 12.7. The molecule has 2 heterocycles. The number of carbonyl (C=O) groups excluding carboxylic acids is 2. The van der Waals surface area contributed by atoms with E-state index < -0.39 is 0 Å². The van der Waals surface area contributed by atoms with Crippen molar-refractivity contribution >= 4 is 35.0 Å². The molecule has 0 spiro atoms. The summed E-state index contributed by atoms with van der Waals surface area (Å²) in [6, 6.07) is 16.5. The number of anilines is 2. The number of aryl methyl sites for hydroxylation is 1. The number of hydrogen-bond acceptors (Lipinski definition) is 4. The minimum absolute atomic E-state index is 0.110. The molecule has 4 rings (SSSR count). The number of carbonyl (C=O) groups is 2. The average Bonchev–Trinajstić information content (AvgIpc) is 2.78. The maximum Gasteiger partial charge on any atom is 0.260 e. The highest BCUT2D eigenvalue weighted by Crippen LogP contribution is 2.40. The molecule has 0 unspecified atom stereocenters. The molecule has 3 aromatic rings. The summed E-state index contributed by atoms with van der Waals surface area (Å²) in [7, 11) is 1.73. The summed E-state index contributed by atoms with van der Waals surface area (Å²) < 4.78 is 0. The maximum atomic E-state index is 12.7. The summed E-state index contributed by atoms with van der Waals surface area (Å²) in [4.78, 5) is 32.2. The Hall–Kier alpha value is -3.12. The molecular weight excluding hydrogens is 358 g/mol. The molecule has 1 aromatic heterocycles. The van der Waals surface area contributed by atoms with E-state index in [0.717, 1.165) is 21.8 Å². The van der Waals surface area contributed by atoms with Crippen LogP contribution in [-0.2, 0) is 0 Å². The fourth-order valence-electron chi connectivity index (χ4n) is 2.95. The number of hydrogen-bond donors (Lipinski definition) is 1. The molecule has 134 valence electrons. The van der Waals surface area contributed by atoms with Crippen LogP contribution in [0.1, 0.15) is 26.3 Å². The van der Waals surface area contributed by atoms with E-state index in [1.807, 2.05) is 31.2 Å². The highest BCUT2D eigenvalue weighted by atomic mass is 32.2. The zero-order valence-corrected chi connectivity index (χ0v) is 15.7. The molecule has 1 aliphatic heterocycles. The van der Waals surface area contributed by atoms with Gasteiger partial charge in [0.15, 0.2) is 0 Å². The van der Waals surface area contributed by atoms with Crippen molar-refractivity contribution in [2.45, 2.75) is 16.8 Å². The third kappa shape index (κ3) is 3.19. The summed E-state index contributed by atoms with van der Waals surface area (Å²) in [6.07, 6.45) is 1.67. The number of fused-ring (bicyclic) bond motifs is 2. The minimum Gasteiger partial charge on any atom is -0.322 e. The first kappa shape index (κ1) is 17.3. The van der Waals surface area contributed by atoms with Crippen LogP contribution in [0.4, 0.5) is 11.4 Å². The van der Waals surface area contributed by atoms with Crippen LogP contribution in [0.2, 0.25) is 0 Å². The van der Waals surface area contributed by atoms with E-state index in [2.05, 4.69) is 10.3 Å². The largest absolute Gasteiger partial charge is 0.322 e. The summed E-state index contributed by atoms with van der Waals surface area (Å²) >= 11 is 1.40. The average molecular weight is 375 g/mol. The first-order valence-electron chi connectivity index (χ1n) is 8.46. The molecule has 1 aliphatic rings. The number of nitrogens with zero attached hydrogens (tertiary/aromatic N) is 2. The minimum atomic E-state index is -0.188. The Kier molecular flexibility index (Phi) is 4.41. The Bertz CT molecular complexity index is 1060. The van der Waals surface area contributed by atoms with E-state index in [1.54, 1.807) is 48.5 Å². The van der Waals surface area contributed by atoms with Crippen LogP contribution in [-0.4, -0.2) is 23.8 Å². The van der Waals surface area contributed by atoms with Gasteiger partial charge in [0.05, 0.1) is 11.3 Å². The Morgan fingerprint density at radius 1 is 1.11 bits per heavy atom. The van der Waals surface area contributed by atoms with Gasteiger partial charge in [-0.15, -0.1) is 0 Å². The summed E-state index contributed by atoms with van der Waals surface area (Å²) in [5, 5.41) is 3.59. The summed E-state index contributed by atoms with van der Waals surface area (Å²) in [5.41, 5.74) is 3.63. The van der Waals surface area contributed by atoms with Crippen LogP contribution in [0.25, 0.3) is 0 Å². The molecule has 0 saturated carbocycles. The number of aromatic nitrogens is 1. The second-order valence-corrected chi connectivity index (χ2v) is 7.30. The number of pyridine rings is 1. The van der Waals surface area contributed by atoms with E-state index in [0.29, 0.717) is 16.2 Å². The summed E-state index contributed by atoms with van der Waals surface area (Å²) in [6.45, 7) is 1.95. The number of amides is 2. The lowest BCUT2D eigenvalue weighted by Gasteiger charge is -2.18. The molecule has 0 saturated heterocycles. The lowest BCUT2D eigenvalue weighted by Crippen LogP contribution is -2.26. The second kappa shape index (κ2) is 6.89. The van der Waals surface area contributed by atoms with Gasteiger partial charge in [-0.25, -0.2) is 4.98 Å². The highest BCUT2D eigenvalue weighted by Gasteiger charge is 2.26.